The summed E-state index contributed by atoms with van der Waals surface area (Å²) in [5, 5.41) is 3.62. The first kappa shape index (κ1) is 19.3. The van der Waals surface area contributed by atoms with Crippen molar-refractivity contribution in [3.05, 3.63) is 28.8 Å². The van der Waals surface area contributed by atoms with E-state index in [1.54, 1.807) is 18.2 Å². The lowest BCUT2D eigenvalue weighted by Crippen LogP contribution is -2.33. The lowest BCUT2D eigenvalue weighted by Gasteiger charge is -2.21. The fourth-order valence-electron chi connectivity index (χ4n) is 2.27. The van der Waals surface area contributed by atoms with Gasteiger partial charge in [0.15, 0.2) is 0 Å². The number of carbonyl (C=O) groups excluding carboxylic acids is 2. The Hall–Kier alpha value is -1.75. The maximum Gasteiger partial charge on any atom is 0.337 e. The molecule has 0 fully saturated rings. The van der Waals surface area contributed by atoms with E-state index in [1.165, 1.54) is 7.11 Å². The van der Waals surface area contributed by atoms with Crippen LogP contribution in [0.15, 0.2) is 18.2 Å². The number of benzene rings is 1. The first-order valence-electron chi connectivity index (χ1n) is 7.93. The lowest BCUT2D eigenvalue weighted by molar-refractivity contribution is -0.131. The number of rotatable bonds is 9. The number of carbonyl (C=O) groups is 2. The average Bonchev–Trinajstić information content (AvgIpc) is 2.55. The highest BCUT2D eigenvalue weighted by Gasteiger charge is 2.12. The van der Waals surface area contributed by atoms with Crippen LogP contribution >= 0.6 is 11.6 Å². The van der Waals surface area contributed by atoms with Crippen LogP contribution in [0.4, 0.5) is 5.69 Å². The van der Waals surface area contributed by atoms with Crippen LogP contribution < -0.4 is 5.32 Å². The van der Waals surface area contributed by atoms with Gasteiger partial charge in [0.05, 0.1) is 23.4 Å². The highest BCUT2D eigenvalue weighted by molar-refractivity contribution is 6.33. The SMILES string of the molecule is CCCN(CCC)C(=O)CCNc1cc(C(=O)OC)ccc1Cl. The summed E-state index contributed by atoms with van der Waals surface area (Å²) >= 11 is 6.11. The fourth-order valence-corrected chi connectivity index (χ4v) is 2.45. The Morgan fingerprint density at radius 3 is 2.43 bits per heavy atom. The van der Waals surface area contributed by atoms with E-state index in [9.17, 15) is 9.59 Å². The molecule has 0 bridgehead atoms. The third kappa shape index (κ3) is 6.10. The molecule has 0 radical (unpaired) electrons. The van der Waals surface area contributed by atoms with Gasteiger partial charge in [-0.2, -0.15) is 0 Å². The molecule has 0 aliphatic carbocycles. The van der Waals surface area contributed by atoms with Crippen molar-refractivity contribution in [1.82, 2.24) is 4.90 Å². The van der Waals surface area contributed by atoms with Crippen molar-refractivity contribution in [3.63, 3.8) is 0 Å². The summed E-state index contributed by atoms with van der Waals surface area (Å²) in [5.41, 5.74) is 1.05. The van der Waals surface area contributed by atoms with Crippen molar-refractivity contribution >= 4 is 29.2 Å². The zero-order chi connectivity index (χ0) is 17.2. The molecule has 1 amide bonds. The van der Waals surface area contributed by atoms with Crippen LogP contribution in [-0.2, 0) is 9.53 Å². The van der Waals surface area contributed by atoms with E-state index >= 15 is 0 Å². The molecule has 0 spiro atoms. The van der Waals surface area contributed by atoms with E-state index in [1.807, 2.05) is 4.90 Å². The van der Waals surface area contributed by atoms with Gasteiger partial charge in [0.25, 0.3) is 0 Å². The molecule has 0 saturated carbocycles. The summed E-state index contributed by atoms with van der Waals surface area (Å²) in [6, 6.07) is 4.88. The van der Waals surface area contributed by atoms with Crippen molar-refractivity contribution in [2.24, 2.45) is 0 Å². The first-order chi connectivity index (χ1) is 11.0. The maximum atomic E-state index is 12.2. The first-order valence-corrected chi connectivity index (χ1v) is 8.30. The van der Waals surface area contributed by atoms with Crippen molar-refractivity contribution in [2.75, 3.05) is 32.1 Å². The largest absolute Gasteiger partial charge is 0.465 e. The van der Waals surface area contributed by atoms with E-state index in [4.69, 9.17) is 11.6 Å². The minimum Gasteiger partial charge on any atom is -0.465 e. The number of hydrogen-bond donors (Lipinski definition) is 1. The number of esters is 1. The number of ether oxygens (including phenoxy) is 1. The van der Waals surface area contributed by atoms with Gasteiger partial charge in [0.2, 0.25) is 5.91 Å². The van der Waals surface area contributed by atoms with Crippen molar-refractivity contribution in [3.8, 4) is 0 Å². The molecular formula is C17H25ClN2O3. The summed E-state index contributed by atoms with van der Waals surface area (Å²) in [4.78, 5) is 25.6. The molecule has 6 heteroatoms. The molecule has 1 aromatic carbocycles. The van der Waals surface area contributed by atoms with Gasteiger partial charge >= 0.3 is 5.97 Å². The van der Waals surface area contributed by atoms with Gasteiger partial charge < -0.3 is 15.0 Å². The number of nitrogens with one attached hydrogen (secondary N) is 1. The van der Waals surface area contributed by atoms with E-state index < -0.39 is 5.97 Å². The van der Waals surface area contributed by atoms with E-state index in [0.29, 0.717) is 29.2 Å². The van der Waals surface area contributed by atoms with Crippen LogP contribution in [0, 0.1) is 0 Å². The fraction of sp³-hybridized carbons (Fsp3) is 0.529. The number of amides is 1. The number of hydrogen-bond acceptors (Lipinski definition) is 4. The van der Waals surface area contributed by atoms with E-state index in [-0.39, 0.29) is 5.91 Å². The van der Waals surface area contributed by atoms with Gasteiger partial charge in [-0.3, -0.25) is 4.79 Å². The average molecular weight is 341 g/mol. The van der Waals surface area contributed by atoms with E-state index in [2.05, 4.69) is 23.9 Å². The molecule has 0 heterocycles. The molecule has 23 heavy (non-hydrogen) atoms. The predicted molar refractivity (Wildman–Crippen MR) is 93.1 cm³/mol. The van der Waals surface area contributed by atoms with Crippen LogP contribution in [-0.4, -0.2) is 43.5 Å². The summed E-state index contributed by atoms with van der Waals surface area (Å²) in [5.74, 6) is -0.292. The van der Waals surface area contributed by atoms with Gasteiger partial charge in [-0.15, -0.1) is 0 Å². The Morgan fingerprint density at radius 1 is 1.22 bits per heavy atom. The number of anilines is 1. The highest BCUT2D eigenvalue weighted by Crippen LogP contribution is 2.23. The van der Waals surface area contributed by atoms with E-state index in [0.717, 1.165) is 25.9 Å². The zero-order valence-corrected chi connectivity index (χ0v) is 14.8. The summed E-state index contributed by atoms with van der Waals surface area (Å²) < 4.78 is 4.69. The van der Waals surface area contributed by atoms with Crippen LogP contribution in [0.3, 0.4) is 0 Å². The Kier molecular flexibility index (Phi) is 8.48. The molecule has 1 N–H and O–H groups in total. The van der Waals surface area contributed by atoms with Gasteiger partial charge in [0.1, 0.15) is 0 Å². The monoisotopic (exact) mass is 340 g/mol. The molecule has 0 unspecified atom stereocenters. The van der Waals surface area contributed by atoms with Gasteiger partial charge in [0, 0.05) is 26.1 Å². The quantitative estimate of drug-likeness (QED) is 0.698. The summed E-state index contributed by atoms with van der Waals surface area (Å²) in [6.07, 6.45) is 2.29. The molecule has 0 aromatic heterocycles. The maximum absolute atomic E-state index is 12.2. The summed E-state index contributed by atoms with van der Waals surface area (Å²) in [6.45, 7) is 6.15. The summed E-state index contributed by atoms with van der Waals surface area (Å²) in [7, 11) is 1.33. The predicted octanol–water partition coefficient (Wildman–Crippen LogP) is 3.58. The minimum absolute atomic E-state index is 0.126. The second-order valence-electron chi connectivity index (χ2n) is 5.24. The lowest BCUT2D eigenvalue weighted by atomic mass is 10.2. The Bertz CT molecular complexity index is 529. The molecule has 0 aliphatic heterocycles. The second-order valence-corrected chi connectivity index (χ2v) is 5.65. The second kappa shape index (κ2) is 10.1. The Balaban J connectivity index is 2.60. The van der Waals surface area contributed by atoms with Crippen molar-refractivity contribution < 1.29 is 14.3 Å². The number of nitrogens with zero attached hydrogens (tertiary/aromatic N) is 1. The normalized spacial score (nSPS) is 10.3. The van der Waals surface area contributed by atoms with Crippen molar-refractivity contribution in [2.45, 2.75) is 33.1 Å². The molecular weight excluding hydrogens is 316 g/mol. The van der Waals surface area contributed by atoms with Crippen molar-refractivity contribution in [1.29, 1.82) is 0 Å². The molecule has 5 nitrogen and oxygen atoms in total. The van der Waals surface area contributed by atoms with Gasteiger partial charge in [-0.25, -0.2) is 4.79 Å². The molecule has 1 rings (SSSR count). The van der Waals surface area contributed by atoms with Crippen LogP contribution in [0.5, 0.6) is 0 Å². The van der Waals surface area contributed by atoms with Crippen LogP contribution in [0.1, 0.15) is 43.5 Å². The topological polar surface area (TPSA) is 58.6 Å². The zero-order valence-electron chi connectivity index (χ0n) is 14.0. The molecule has 0 aliphatic rings. The standard InChI is InChI=1S/C17H25ClN2O3/c1-4-10-20(11-5-2)16(21)8-9-19-15-12-13(17(22)23-3)6-7-14(15)18/h6-7,12,19H,4-5,8-11H2,1-3H3. The van der Waals surface area contributed by atoms with Gasteiger partial charge in [-0.05, 0) is 31.0 Å². The smallest absolute Gasteiger partial charge is 0.337 e. The Labute approximate surface area is 142 Å². The third-order valence-electron chi connectivity index (χ3n) is 3.38. The Morgan fingerprint density at radius 2 is 1.87 bits per heavy atom. The number of halogens is 1. The molecule has 0 atom stereocenters. The van der Waals surface area contributed by atoms with Crippen LogP contribution in [0.2, 0.25) is 5.02 Å². The van der Waals surface area contributed by atoms with Crippen LogP contribution in [0.25, 0.3) is 0 Å². The van der Waals surface area contributed by atoms with Gasteiger partial charge in [-0.1, -0.05) is 25.4 Å². The third-order valence-corrected chi connectivity index (χ3v) is 3.71. The molecule has 1 aromatic rings. The molecule has 128 valence electrons. The minimum atomic E-state index is -0.419. The molecule has 0 saturated heterocycles. The highest BCUT2D eigenvalue weighted by atomic mass is 35.5. The number of methoxy groups -OCH3 is 1.